The second-order valence-corrected chi connectivity index (χ2v) is 6.84. The highest BCUT2D eigenvalue weighted by atomic mass is 16.5. The highest BCUT2D eigenvalue weighted by Crippen LogP contribution is 2.32. The first-order valence-corrected chi connectivity index (χ1v) is 8.38. The minimum atomic E-state index is 0.124. The molecule has 1 N–H and O–H groups in total. The van der Waals surface area contributed by atoms with Crippen molar-refractivity contribution in [2.75, 3.05) is 40.1 Å². The number of methoxy groups -OCH3 is 1. The Kier molecular flexibility index (Phi) is 5.41. The van der Waals surface area contributed by atoms with Crippen LogP contribution in [-0.4, -0.2) is 46.2 Å². The first kappa shape index (κ1) is 16.6. The molecule has 0 aromatic heterocycles. The molecule has 1 aromatic rings. The van der Waals surface area contributed by atoms with Crippen LogP contribution in [0.5, 0.6) is 11.5 Å². The summed E-state index contributed by atoms with van der Waals surface area (Å²) in [6, 6.07) is 6.10. The molecule has 0 spiro atoms. The molecule has 1 aromatic carbocycles. The monoisotopic (exact) mass is 321 g/mol. The van der Waals surface area contributed by atoms with E-state index in [4.69, 9.17) is 18.9 Å². The summed E-state index contributed by atoms with van der Waals surface area (Å²) in [5.41, 5.74) is 1.31. The van der Waals surface area contributed by atoms with Gasteiger partial charge in [-0.3, -0.25) is 0 Å². The number of hydrogen-bond acceptors (Lipinski definition) is 5. The summed E-state index contributed by atoms with van der Waals surface area (Å²) in [6.45, 7) is 6.95. The molecule has 2 saturated heterocycles. The van der Waals surface area contributed by atoms with E-state index in [9.17, 15) is 0 Å². The van der Waals surface area contributed by atoms with Crippen molar-refractivity contribution in [3.8, 4) is 11.5 Å². The van der Waals surface area contributed by atoms with E-state index in [2.05, 4.69) is 24.4 Å². The summed E-state index contributed by atoms with van der Waals surface area (Å²) in [5.74, 6) is 1.58. The van der Waals surface area contributed by atoms with Gasteiger partial charge in [-0.25, -0.2) is 0 Å². The minimum Gasteiger partial charge on any atom is -0.493 e. The summed E-state index contributed by atoms with van der Waals surface area (Å²) < 4.78 is 22.3. The zero-order valence-corrected chi connectivity index (χ0v) is 14.1. The summed E-state index contributed by atoms with van der Waals surface area (Å²) >= 11 is 0. The van der Waals surface area contributed by atoms with Gasteiger partial charge >= 0.3 is 0 Å². The van der Waals surface area contributed by atoms with Crippen molar-refractivity contribution in [2.45, 2.75) is 32.4 Å². The van der Waals surface area contributed by atoms with E-state index in [1.165, 1.54) is 12.0 Å². The standard InChI is InChI=1S/C18H27NO4/c1-18(11-21-12-18)13-23-17-8-14(5-6-16(17)20-2)9-19-10-15-4-3-7-22-15/h5-6,8,15,19H,3-4,7,9-13H2,1-2H3. The topological polar surface area (TPSA) is 49.0 Å². The number of ether oxygens (including phenoxy) is 4. The highest BCUT2D eigenvalue weighted by Gasteiger charge is 2.34. The molecular formula is C18H27NO4. The summed E-state index contributed by atoms with van der Waals surface area (Å²) in [6.07, 6.45) is 2.70. The average molecular weight is 321 g/mol. The van der Waals surface area contributed by atoms with Gasteiger partial charge in [0.25, 0.3) is 0 Å². The van der Waals surface area contributed by atoms with Gasteiger partial charge in [0.2, 0.25) is 0 Å². The Balaban J connectivity index is 1.54. The molecule has 1 unspecified atom stereocenters. The third-order valence-electron chi connectivity index (χ3n) is 4.43. The number of hydrogen-bond donors (Lipinski definition) is 1. The predicted octanol–water partition coefficient (Wildman–Crippen LogP) is 2.38. The molecule has 128 valence electrons. The summed E-state index contributed by atoms with van der Waals surface area (Å²) in [7, 11) is 1.67. The van der Waals surface area contributed by atoms with E-state index in [0.29, 0.717) is 12.7 Å². The highest BCUT2D eigenvalue weighted by molar-refractivity contribution is 5.43. The molecule has 2 fully saturated rings. The van der Waals surface area contributed by atoms with Crippen LogP contribution in [0.15, 0.2) is 18.2 Å². The van der Waals surface area contributed by atoms with Gasteiger partial charge in [-0.05, 0) is 30.5 Å². The van der Waals surface area contributed by atoms with Gasteiger partial charge in [-0.15, -0.1) is 0 Å². The van der Waals surface area contributed by atoms with E-state index in [1.54, 1.807) is 7.11 Å². The van der Waals surface area contributed by atoms with Gasteiger partial charge in [-0.2, -0.15) is 0 Å². The fourth-order valence-corrected chi connectivity index (χ4v) is 2.91. The van der Waals surface area contributed by atoms with E-state index in [0.717, 1.165) is 50.8 Å². The lowest BCUT2D eigenvalue weighted by Crippen LogP contribution is -2.44. The van der Waals surface area contributed by atoms with Gasteiger partial charge < -0.3 is 24.3 Å². The van der Waals surface area contributed by atoms with Gasteiger partial charge in [0.05, 0.1) is 33.0 Å². The molecule has 1 atom stereocenters. The third kappa shape index (κ3) is 4.37. The van der Waals surface area contributed by atoms with Gasteiger partial charge in [0.1, 0.15) is 0 Å². The lowest BCUT2D eigenvalue weighted by Gasteiger charge is -2.37. The third-order valence-corrected chi connectivity index (χ3v) is 4.43. The zero-order valence-electron chi connectivity index (χ0n) is 14.1. The molecule has 0 saturated carbocycles. The second kappa shape index (κ2) is 7.51. The van der Waals surface area contributed by atoms with E-state index >= 15 is 0 Å². The first-order chi connectivity index (χ1) is 11.2. The number of benzene rings is 1. The fourth-order valence-electron chi connectivity index (χ4n) is 2.91. The maximum Gasteiger partial charge on any atom is 0.161 e. The van der Waals surface area contributed by atoms with Crippen molar-refractivity contribution < 1.29 is 18.9 Å². The van der Waals surface area contributed by atoms with Crippen molar-refractivity contribution >= 4 is 0 Å². The SMILES string of the molecule is COc1ccc(CNCC2CCCO2)cc1OCC1(C)COC1. The van der Waals surface area contributed by atoms with Crippen LogP contribution in [-0.2, 0) is 16.0 Å². The van der Waals surface area contributed by atoms with E-state index < -0.39 is 0 Å². The Morgan fingerprint density at radius 3 is 2.83 bits per heavy atom. The largest absolute Gasteiger partial charge is 0.493 e. The molecular weight excluding hydrogens is 294 g/mol. The van der Waals surface area contributed by atoms with Crippen LogP contribution in [0.2, 0.25) is 0 Å². The Labute approximate surface area is 138 Å². The number of nitrogens with one attached hydrogen (secondary N) is 1. The lowest BCUT2D eigenvalue weighted by molar-refractivity contribution is -0.120. The van der Waals surface area contributed by atoms with Crippen LogP contribution in [0.3, 0.4) is 0 Å². The predicted molar refractivity (Wildman–Crippen MR) is 88.1 cm³/mol. The molecule has 23 heavy (non-hydrogen) atoms. The van der Waals surface area contributed by atoms with Crippen molar-refractivity contribution in [1.82, 2.24) is 5.32 Å². The second-order valence-electron chi connectivity index (χ2n) is 6.84. The average Bonchev–Trinajstić information content (AvgIpc) is 3.04. The van der Waals surface area contributed by atoms with Crippen LogP contribution < -0.4 is 14.8 Å². The summed E-state index contributed by atoms with van der Waals surface area (Å²) in [4.78, 5) is 0. The van der Waals surface area contributed by atoms with Crippen LogP contribution >= 0.6 is 0 Å². The van der Waals surface area contributed by atoms with Crippen molar-refractivity contribution in [3.05, 3.63) is 23.8 Å². The van der Waals surface area contributed by atoms with Crippen molar-refractivity contribution in [1.29, 1.82) is 0 Å². The fraction of sp³-hybridized carbons (Fsp3) is 0.667. The van der Waals surface area contributed by atoms with Gasteiger partial charge in [-0.1, -0.05) is 13.0 Å². The van der Waals surface area contributed by atoms with Gasteiger partial charge in [0, 0.05) is 25.1 Å². The van der Waals surface area contributed by atoms with Crippen LogP contribution in [0.25, 0.3) is 0 Å². The molecule has 0 bridgehead atoms. The Morgan fingerprint density at radius 2 is 2.17 bits per heavy atom. The van der Waals surface area contributed by atoms with Crippen LogP contribution in [0, 0.1) is 5.41 Å². The Bertz CT molecular complexity index is 510. The quantitative estimate of drug-likeness (QED) is 0.797. The molecule has 2 aliphatic rings. The van der Waals surface area contributed by atoms with Crippen molar-refractivity contribution in [2.24, 2.45) is 5.41 Å². The molecule has 0 radical (unpaired) electrons. The molecule has 2 heterocycles. The minimum absolute atomic E-state index is 0.124. The molecule has 2 aliphatic heterocycles. The van der Waals surface area contributed by atoms with Crippen LogP contribution in [0.4, 0.5) is 0 Å². The molecule has 3 rings (SSSR count). The van der Waals surface area contributed by atoms with Gasteiger partial charge in [0.15, 0.2) is 11.5 Å². The lowest BCUT2D eigenvalue weighted by atomic mass is 9.90. The molecule has 5 heteroatoms. The molecule has 0 aliphatic carbocycles. The zero-order chi connectivity index (χ0) is 16.1. The first-order valence-electron chi connectivity index (χ1n) is 8.38. The van der Waals surface area contributed by atoms with E-state index in [-0.39, 0.29) is 5.41 Å². The Morgan fingerprint density at radius 1 is 1.30 bits per heavy atom. The van der Waals surface area contributed by atoms with E-state index in [1.807, 2.05) is 6.07 Å². The maximum atomic E-state index is 6.00. The Hall–Kier alpha value is -1.30. The van der Waals surface area contributed by atoms with Crippen molar-refractivity contribution in [3.63, 3.8) is 0 Å². The molecule has 5 nitrogen and oxygen atoms in total. The maximum absolute atomic E-state index is 6.00. The number of rotatable bonds is 8. The molecule has 0 amide bonds. The smallest absolute Gasteiger partial charge is 0.161 e. The summed E-state index contributed by atoms with van der Waals surface area (Å²) in [5, 5.41) is 3.46. The van der Waals surface area contributed by atoms with Crippen LogP contribution in [0.1, 0.15) is 25.3 Å². The normalized spacial score (nSPS) is 22.6.